The molecule has 4 rings (SSSR count). The molecule has 2 aromatic heterocycles. The molecular formula is C17H19N3O2S. The van der Waals surface area contributed by atoms with Crippen LogP contribution in [0.15, 0.2) is 34.7 Å². The fourth-order valence-electron chi connectivity index (χ4n) is 3.27. The van der Waals surface area contributed by atoms with Gasteiger partial charge in [0.25, 0.3) is 11.5 Å². The van der Waals surface area contributed by atoms with Gasteiger partial charge in [-0.3, -0.25) is 9.59 Å². The molecule has 1 aliphatic heterocycles. The average molecular weight is 329 g/mol. The van der Waals surface area contributed by atoms with Crippen LogP contribution < -0.4 is 5.56 Å². The number of hydrogen-bond donors (Lipinski definition) is 0. The van der Waals surface area contributed by atoms with Crippen LogP contribution in [0.1, 0.15) is 40.7 Å². The number of aromatic nitrogens is 2. The van der Waals surface area contributed by atoms with Crippen LogP contribution in [-0.4, -0.2) is 33.4 Å². The van der Waals surface area contributed by atoms with Crippen LogP contribution in [0, 0.1) is 5.92 Å². The van der Waals surface area contributed by atoms with Gasteiger partial charge in [-0.25, -0.2) is 4.98 Å². The van der Waals surface area contributed by atoms with Crippen LogP contribution in [0.3, 0.4) is 0 Å². The van der Waals surface area contributed by atoms with Crippen molar-refractivity contribution in [2.24, 2.45) is 5.92 Å². The highest BCUT2D eigenvalue weighted by molar-refractivity contribution is 7.09. The van der Waals surface area contributed by atoms with Crippen LogP contribution in [0.25, 0.3) is 0 Å². The Morgan fingerprint density at radius 3 is 2.96 bits per heavy atom. The highest BCUT2D eigenvalue weighted by Gasteiger charge is 2.30. The van der Waals surface area contributed by atoms with Crippen molar-refractivity contribution in [1.82, 2.24) is 14.5 Å². The number of amides is 1. The van der Waals surface area contributed by atoms with Crippen molar-refractivity contribution in [2.45, 2.75) is 31.7 Å². The number of thiazole rings is 1. The van der Waals surface area contributed by atoms with Gasteiger partial charge in [0.2, 0.25) is 0 Å². The summed E-state index contributed by atoms with van der Waals surface area (Å²) in [7, 11) is 0. The highest BCUT2D eigenvalue weighted by Crippen LogP contribution is 2.33. The minimum atomic E-state index is -0.136. The summed E-state index contributed by atoms with van der Waals surface area (Å²) in [6.07, 6.45) is 7.60. The number of rotatable bonds is 4. The van der Waals surface area contributed by atoms with Gasteiger partial charge in [-0.1, -0.05) is 0 Å². The van der Waals surface area contributed by atoms with Crippen molar-refractivity contribution in [1.29, 1.82) is 0 Å². The Hall–Kier alpha value is -1.95. The third kappa shape index (κ3) is 2.95. The molecule has 1 amide bonds. The first-order valence-electron chi connectivity index (χ1n) is 8.11. The lowest BCUT2D eigenvalue weighted by atomic mass is 10.1. The van der Waals surface area contributed by atoms with E-state index >= 15 is 0 Å². The number of hydrogen-bond acceptors (Lipinski definition) is 4. The summed E-state index contributed by atoms with van der Waals surface area (Å²) in [6.45, 7) is 1.45. The largest absolute Gasteiger partial charge is 0.338 e. The summed E-state index contributed by atoms with van der Waals surface area (Å²) < 4.78 is 1.72. The normalized spacial score (nSPS) is 20.9. The molecule has 2 aromatic rings. The molecule has 1 saturated carbocycles. The van der Waals surface area contributed by atoms with Gasteiger partial charge < -0.3 is 9.47 Å². The molecule has 0 aromatic carbocycles. The fourth-order valence-corrected chi connectivity index (χ4v) is 4.00. The predicted molar refractivity (Wildman–Crippen MR) is 88.8 cm³/mol. The van der Waals surface area contributed by atoms with Crippen molar-refractivity contribution in [2.75, 3.05) is 13.1 Å². The van der Waals surface area contributed by atoms with Crippen LogP contribution >= 0.6 is 11.3 Å². The summed E-state index contributed by atoms with van der Waals surface area (Å²) in [5, 5.41) is 3.11. The molecule has 0 bridgehead atoms. The second-order valence-electron chi connectivity index (χ2n) is 6.40. The Bertz CT molecular complexity index is 764. The molecule has 0 spiro atoms. The molecule has 3 heterocycles. The smallest absolute Gasteiger partial charge is 0.263 e. The summed E-state index contributed by atoms with van der Waals surface area (Å²) in [5.74, 6) is 0.325. The van der Waals surface area contributed by atoms with Gasteiger partial charge in [0.15, 0.2) is 0 Å². The van der Waals surface area contributed by atoms with Crippen LogP contribution in [0.2, 0.25) is 0 Å². The number of carbonyl (C=O) groups is 1. The predicted octanol–water partition coefficient (Wildman–Crippen LogP) is 2.34. The summed E-state index contributed by atoms with van der Waals surface area (Å²) >= 11 is 1.66. The third-order valence-corrected chi connectivity index (χ3v) is 5.47. The molecule has 2 aliphatic rings. The van der Waals surface area contributed by atoms with Crippen molar-refractivity contribution in [3.05, 3.63) is 50.8 Å². The molecule has 5 nitrogen and oxygen atoms in total. The molecule has 120 valence electrons. The first kappa shape index (κ1) is 14.6. The number of nitrogens with zero attached hydrogens (tertiary/aromatic N) is 3. The summed E-state index contributed by atoms with van der Waals surface area (Å²) in [4.78, 5) is 31.4. The lowest BCUT2D eigenvalue weighted by molar-refractivity contribution is 0.0784. The minimum absolute atomic E-state index is 0.119. The van der Waals surface area contributed by atoms with Crippen LogP contribution in [-0.2, 0) is 6.42 Å². The van der Waals surface area contributed by atoms with Gasteiger partial charge in [0.05, 0.1) is 5.01 Å². The molecule has 1 unspecified atom stereocenters. The minimum Gasteiger partial charge on any atom is -0.338 e. The second kappa shape index (κ2) is 5.92. The zero-order valence-electron chi connectivity index (χ0n) is 12.9. The molecule has 0 N–H and O–H groups in total. The number of carbonyl (C=O) groups excluding carboxylic acids is 1. The standard InChI is InChI=1S/C17H19N3O2S/c21-16(14-2-1-7-20(17(14)22)13-3-4-13)19-8-5-12(11-19)10-15-18-6-9-23-15/h1-2,6-7,9,12-13H,3-5,8,10-11H2. The van der Waals surface area contributed by atoms with E-state index in [1.807, 2.05) is 22.5 Å². The SMILES string of the molecule is O=C(c1cccn(C2CC2)c1=O)N1CCC(Cc2nccs2)C1. The van der Waals surface area contributed by atoms with Gasteiger partial charge in [-0.2, -0.15) is 0 Å². The summed E-state index contributed by atoms with van der Waals surface area (Å²) in [6, 6.07) is 3.78. The maximum absolute atomic E-state index is 12.7. The van der Waals surface area contributed by atoms with E-state index in [0.29, 0.717) is 17.5 Å². The van der Waals surface area contributed by atoms with E-state index in [2.05, 4.69) is 4.98 Å². The van der Waals surface area contributed by atoms with Gasteiger partial charge in [-0.15, -0.1) is 11.3 Å². The lowest BCUT2D eigenvalue weighted by Crippen LogP contribution is -2.35. The van der Waals surface area contributed by atoms with Crippen LogP contribution in [0.5, 0.6) is 0 Å². The van der Waals surface area contributed by atoms with Crippen molar-refractivity contribution in [3.63, 3.8) is 0 Å². The number of likely N-dealkylation sites (tertiary alicyclic amines) is 1. The third-order valence-electron chi connectivity index (χ3n) is 4.66. The maximum Gasteiger partial charge on any atom is 0.263 e. The lowest BCUT2D eigenvalue weighted by Gasteiger charge is -2.16. The van der Waals surface area contributed by atoms with E-state index in [4.69, 9.17) is 0 Å². The molecule has 2 fully saturated rings. The molecule has 6 heteroatoms. The Morgan fingerprint density at radius 2 is 2.22 bits per heavy atom. The highest BCUT2D eigenvalue weighted by atomic mass is 32.1. The fraction of sp³-hybridized carbons (Fsp3) is 0.471. The van der Waals surface area contributed by atoms with E-state index in [1.54, 1.807) is 28.2 Å². The van der Waals surface area contributed by atoms with E-state index < -0.39 is 0 Å². The molecule has 1 saturated heterocycles. The van der Waals surface area contributed by atoms with Crippen molar-refractivity contribution >= 4 is 17.2 Å². The Balaban J connectivity index is 1.47. The Labute approximate surface area is 138 Å². The molecular weight excluding hydrogens is 310 g/mol. The zero-order chi connectivity index (χ0) is 15.8. The second-order valence-corrected chi connectivity index (χ2v) is 7.38. The van der Waals surface area contributed by atoms with Crippen LogP contribution in [0.4, 0.5) is 0 Å². The quantitative estimate of drug-likeness (QED) is 0.865. The molecule has 0 radical (unpaired) electrons. The van der Waals surface area contributed by atoms with Gasteiger partial charge in [0.1, 0.15) is 5.56 Å². The van der Waals surface area contributed by atoms with E-state index in [9.17, 15) is 9.59 Å². The monoisotopic (exact) mass is 329 g/mol. The first-order chi connectivity index (χ1) is 11.2. The number of pyridine rings is 1. The first-order valence-corrected chi connectivity index (χ1v) is 8.99. The molecule has 1 atom stereocenters. The van der Waals surface area contributed by atoms with Gasteiger partial charge in [-0.05, 0) is 37.3 Å². The van der Waals surface area contributed by atoms with E-state index in [1.165, 1.54) is 0 Å². The summed E-state index contributed by atoms with van der Waals surface area (Å²) in [5.41, 5.74) is 0.178. The van der Waals surface area contributed by atoms with E-state index in [-0.39, 0.29) is 11.5 Å². The van der Waals surface area contributed by atoms with E-state index in [0.717, 1.165) is 43.8 Å². The molecule has 1 aliphatic carbocycles. The van der Waals surface area contributed by atoms with Gasteiger partial charge >= 0.3 is 0 Å². The maximum atomic E-state index is 12.7. The molecule has 23 heavy (non-hydrogen) atoms. The Morgan fingerprint density at radius 1 is 1.35 bits per heavy atom. The topological polar surface area (TPSA) is 55.2 Å². The average Bonchev–Trinajstić information content (AvgIpc) is 3.07. The van der Waals surface area contributed by atoms with Gasteiger partial charge in [0, 0.05) is 43.3 Å². The zero-order valence-corrected chi connectivity index (χ0v) is 13.7. The Kier molecular flexibility index (Phi) is 3.77. The van der Waals surface area contributed by atoms with Crippen molar-refractivity contribution < 1.29 is 4.79 Å². The van der Waals surface area contributed by atoms with Crippen molar-refractivity contribution in [3.8, 4) is 0 Å².